The molecule has 0 aliphatic carbocycles. The Morgan fingerprint density at radius 3 is 2.88 bits per heavy atom. The van der Waals surface area contributed by atoms with Crippen LogP contribution in [0.5, 0.6) is 0 Å². The molecule has 1 aromatic rings. The quantitative estimate of drug-likeness (QED) is 0.839. The normalized spacial score (nSPS) is 16.8. The summed E-state index contributed by atoms with van der Waals surface area (Å²) in [6.07, 6.45) is 2.87. The number of benzene rings is 1. The molecule has 2 N–H and O–H groups in total. The molecule has 0 radical (unpaired) electrons. The summed E-state index contributed by atoms with van der Waals surface area (Å²) in [5.74, 6) is 0.684. The molecule has 0 spiro atoms. The number of rotatable bonds is 3. The highest BCUT2D eigenvalue weighted by molar-refractivity contribution is 5.90. The van der Waals surface area contributed by atoms with E-state index in [0.717, 1.165) is 31.6 Å². The van der Waals surface area contributed by atoms with Gasteiger partial charge in [0.1, 0.15) is 0 Å². The number of carbonyl (C=O) groups excluding carboxylic acids is 1. The van der Waals surface area contributed by atoms with E-state index in [2.05, 4.69) is 10.6 Å². The van der Waals surface area contributed by atoms with Crippen LogP contribution in [-0.2, 0) is 4.79 Å². The number of hydrogen-bond donors (Lipinski definition) is 2. The highest BCUT2D eigenvalue weighted by Gasteiger charge is 2.16. The average molecular weight is 232 g/mol. The van der Waals surface area contributed by atoms with E-state index in [9.17, 15) is 4.79 Å². The minimum atomic E-state index is 0.141. The Labute approximate surface area is 103 Å². The van der Waals surface area contributed by atoms with Crippen LogP contribution in [0.15, 0.2) is 24.3 Å². The summed E-state index contributed by atoms with van der Waals surface area (Å²) in [6, 6.07) is 7.94. The van der Waals surface area contributed by atoms with Gasteiger partial charge in [-0.3, -0.25) is 4.79 Å². The second kappa shape index (κ2) is 5.82. The van der Waals surface area contributed by atoms with Crippen LogP contribution in [0.2, 0.25) is 0 Å². The van der Waals surface area contributed by atoms with E-state index in [1.807, 2.05) is 31.2 Å². The van der Waals surface area contributed by atoms with E-state index in [0.29, 0.717) is 12.3 Å². The van der Waals surface area contributed by atoms with Crippen LogP contribution < -0.4 is 10.6 Å². The second-order valence-corrected chi connectivity index (χ2v) is 4.82. The van der Waals surface area contributed by atoms with Gasteiger partial charge >= 0.3 is 0 Å². The van der Waals surface area contributed by atoms with Gasteiger partial charge in [-0.15, -0.1) is 0 Å². The summed E-state index contributed by atoms with van der Waals surface area (Å²) >= 11 is 0. The zero-order chi connectivity index (χ0) is 12.1. The zero-order valence-electron chi connectivity index (χ0n) is 10.3. The monoisotopic (exact) mass is 232 g/mol. The van der Waals surface area contributed by atoms with Gasteiger partial charge in [-0.25, -0.2) is 0 Å². The van der Waals surface area contributed by atoms with Crippen LogP contribution in [0.1, 0.15) is 24.8 Å². The van der Waals surface area contributed by atoms with E-state index in [-0.39, 0.29) is 5.91 Å². The third kappa shape index (κ3) is 3.86. The predicted molar refractivity (Wildman–Crippen MR) is 70.0 cm³/mol. The van der Waals surface area contributed by atoms with Gasteiger partial charge in [-0.05, 0) is 56.5 Å². The lowest BCUT2D eigenvalue weighted by atomic mass is 9.94. The molecule has 3 heteroatoms. The summed E-state index contributed by atoms with van der Waals surface area (Å²) in [7, 11) is 0. The molecule has 1 saturated heterocycles. The molecule has 0 aromatic heterocycles. The zero-order valence-corrected chi connectivity index (χ0v) is 10.3. The highest BCUT2D eigenvalue weighted by Crippen LogP contribution is 2.17. The first kappa shape index (κ1) is 12.1. The molecule has 1 aliphatic rings. The van der Waals surface area contributed by atoms with Crippen molar-refractivity contribution in [2.45, 2.75) is 26.2 Å². The average Bonchev–Trinajstić information content (AvgIpc) is 2.30. The second-order valence-electron chi connectivity index (χ2n) is 4.82. The van der Waals surface area contributed by atoms with Gasteiger partial charge in [-0.2, -0.15) is 0 Å². The third-order valence-electron chi connectivity index (χ3n) is 3.23. The molecular weight excluding hydrogens is 212 g/mol. The lowest BCUT2D eigenvalue weighted by Gasteiger charge is -2.21. The maximum Gasteiger partial charge on any atom is 0.224 e. The topological polar surface area (TPSA) is 41.1 Å². The number of anilines is 1. The number of hydrogen-bond acceptors (Lipinski definition) is 2. The summed E-state index contributed by atoms with van der Waals surface area (Å²) in [6.45, 7) is 4.12. The SMILES string of the molecule is Cc1cccc(NC(=O)CC2CCNCC2)c1. The van der Waals surface area contributed by atoms with Crippen molar-refractivity contribution in [3.63, 3.8) is 0 Å². The van der Waals surface area contributed by atoms with Gasteiger partial charge in [0, 0.05) is 12.1 Å². The number of amides is 1. The Morgan fingerprint density at radius 2 is 2.18 bits per heavy atom. The fraction of sp³-hybridized carbons (Fsp3) is 0.500. The van der Waals surface area contributed by atoms with Gasteiger partial charge < -0.3 is 10.6 Å². The largest absolute Gasteiger partial charge is 0.326 e. The minimum absolute atomic E-state index is 0.141. The van der Waals surface area contributed by atoms with Crippen LogP contribution in [-0.4, -0.2) is 19.0 Å². The van der Waals surface area contributed by atoms with Crippen LogP contribution in [0.25, 0.3) is 0 Å². The molecule has 1 aliphatic heterocycles. The lowest BCUT2D eigenvalue weighted by Crippen LogP contribution is -2.30. The Kier molecular flexibility index (Phi) is 4.15. The minimum Gasteiger partial charge on any atom is -0.326 e. The first-order valence-electron chi connectivity index (χ1n) is 6.31. The Morgan fingerprint density at radius 1 is 1.41 bits per heavy atom. The highest BCUT2D eigenvalue weighted by atomic mass is 16.1. The molecule has 17 heavy (non-hydrogen) atoms. The molecule has 92 valence electrons. The van der Waals surface area contributed by atoms with Crippen molar-refractivity contribution in [2.75, 3.05) is 18.4 Å². The van der Waals surface area contributed by atoms with Crippen molar-refractivity contribution in [1.82, 2.24) is 5.32 Å². The maximum absolute atomic E-state index is 11.9. The van der Waals surface area contributed by atoms with Crippen LogP contribution >= 0.6 is 0 Å². The molecule has 1 amide bonds. The molecule has 1 aromatic carbocycles. The van der Waals surface area contributed by atoms with Gasteiger partial charge in [-0.1, -0.05) is 12.1 Å². The number of nitrogens with one attached hydrogen (secondary N) is 2. The van der Waals surface area contributed by atoms with Crippen molar-refractivity contribution in [2.24, 2.45) is 5.92 Å². The fourth-order valence-electron chi connectivity index (χ4n) is 2.28. The van der Waals surface area contributed by atoms with Crippen molar-refractivity contribution in [3.05, 3.63) is 29.8 Å². The van der Waals surface area contributed by atoms with Gasteiger partial charge in [0.2, 0.25) is 5.91 Å². The Hall–Kier alpha value is -1.35. The lowest BCUT2D eigenvalue weighted by molar-refractivity contribution is -0.117. The van der Waals surface area contributed by atoms with Crippen LogP contribution in [0, 0.1) is 12.8 Å². The molecule has 0 saturated carbocycles. The van der Waals surface area contributed by atoms with E-state index < -0.39 is 0 Å². The Bertz CT molecular complexity index is 384. The molecule has 0 bridgehead atoms. The molecule has 2 rings (SSSR count). The van der Waals surface area contributed by atoms with Crippen molar-refractivity contribution < 1.29 is 4.79 Å². The summed E-state index contributed by atoms with van der Waals surface area (Å²) < 4.78 is 0. The van der Waals surface area contributed by atoms with Gasteiger partial charge in [0.15, 0.2) is 0 Å². The molecular formula is C14H20N2O. The van der Waals surface area contributed by atoms with Gasteiger partial charge in [0.25, 0.3) is 0 Å². The predicted octanol–water partition coefficient (Wildman–Crippen LogP) is 2.32. The number of carbonyl (C=O) groups is 1. The number of aryl methyl sites for hydroxylation is 1. The molecule has 3 nitrogen and oxygen atoms in total. The van der Waals surface area contributed by atoms with Crippen molar-refractivity contribution in [3.8, 4) is 0 Å². The first-order chi connectivity index (χ1) is 8.24. The van der Waals surface area contributed by atoms with E-state index in [1.54, 1.807) is 0 Å². The third-order valence-corrected chi connectivity index (χ3v) is 3.23. The van der Waals surface area contributed by atoms with Crippen molar-refractivity contribution in [1.29, 1.82) is 0 Å². The molecule has 0 atom stereocenters. The summed E-state index contributed by atoms with van der Waals surface area (Å²) in [5.41, 5.74) is 2.08. The van der Waals surface area contributed by atoms with E-state index in [1.165, 1.54) is 5.56 Å². The fourth-order valence-corrected chi connectivity index (χ4v) is 2.28. The summed E-state index contributed by atoms with van der Waals surface area (Å²) in [4.78, 5) is 11.9. The summed E-state index contributed by atoms with van der Waals surface area (Å²) in [5, 5.41) is 6.28. The van der Waals surface area contributed by atoms with Crippen LogP contribution in [0.4, 0.5) is 5.69 Å². The molecule has 0 unspecified atom stereocenters. The smallest absolute Gasteiger partial charge is 0.224 e. The van der Waals surface area contributed by atoms with E-state index >= 15 is 0 Å². The Balaban J connectivity index is 1.84. The van der Waals surface area contributed by atoms with E-state index in [4.69, 9.17) is 0 Å². The molecule has 1 heterocycles. The van der Waals surface area contributed by atoms with Crippen molar-refractivity contribution >= 4 is 11.6 Å². The first-order valence-corrected chi connectivity index (χ1v) is 6.31. The standard InChI is InChI=1S/C14H20N2O/c1-11-3-2-4-13(9-11)16-14(17)10-12-5-7-15-8-6-12/h2-4,9,12,15H,5-8,10H2,1H3,(H,16,17). The van der Waals surface area contributed by atoms with Crippen LogP contribution in [0.3, 0.4) is 0 Å². The maximum atomic E-state index is 11.9. The van der Waals surface area contributed by atoms with Gasteiger partial charge in [0.05, 0.1) is 0 Å². The molecule has 1 fully saturated rings. The number of piperidine rings is 1.